The van der Waals surface area contributed by atoms with Gasteiger partial charge in [0.05, 0.1) is 18.0 Å². The van der Waals surface area contributed by atoms with Crippen molar-refractivity contribution < 1.29 is 20.1 Å². The van der Waals surface area contributed by atoms with Crippen LogP contribution in [-0.4, -0.2) is 45.0 Å². The predicted molar refractivity (Wildman–Crippen MR) is 93.4 cm³/mol. The SMILES string of the molecule is CC(C)C(O)C=C[C@@H]1[C@@H]2CC(CCSCC(=O)O)C[C@H]2C[C@H]1O. The van der Waals surface area contributed by atoms with Gasteiger partial charge in [0.2, 0.25) is 0 Å². The summed E-state index contributed by atoms with van der Waals surface area (Å²) in [5.41, 5.74) is 0. The van der Waals surface area contributed by atoms with Crippen LogP contribution in [0.1, 0.15) is 39.5 Å². The van der Waals surface area contributed by atoms with Crippen molar-refractivity contribution in [2.75, 3.05) is 11.5 Å². The van der Waals surface area contributed by atoms with E-state index in [2.05, 4.69) is 0 Å². The fourth-order valence-corrected chi connectivity index (χ4v) is 4.97. The molecule has 0 aliphatic heterocycles. The summed E-state index contributed by atoms with van der Waals surface area (Å²) in [6.07, 6.45) is 7.42. The third-order valence-corrected chi connectivity index (χ3v) is 6.41. The van der Waals surface area contributed by atoms with Crippen LogP contribution in [0.5, 0.6) is 0 Å². The molecule has 0 saturated heterocycles. The van der Waals surface area contributed by atoms with Crippen molar-refractivity contribution in [1.82, 2.24) is 0 Å². The van der Waals surface area contributed by atoms with E-state index in [4.69, 9.17) is 5.11 Å². The number of fused-ring (bicyclic) bond motifs is 1. The van der Waals surface area contributed by atoms with Crippen LogP contribution < -0.4 is 0 Å². The van der Waals surface area contributed by atoms with Crippen LogP contribution in [-0.2, 0) is 4.79 Å². The zero-order chi connectivity index (χ0) is 17.0. The molecule has 132 valence electrons. The molecular formula is C18H30O4S. The fraction of sp³-hybridized carbons (Fsp3) is 0.833. The highest BCUT2D eigenvalue weighted by Crippen LogP contribution is 2.51. The molecule has 4 nitrogen and oxygen atoms in total. The Morgan fingerprint density at radius 2 is 2.04 bits per heavy atom. The van der Waals surface area contributed by atoms with Gasteiger partial charge in [-0.1, -0.05) is 26.0 Å². The van der Waals surface area contributed by atoms with E-state index in [1.165, 1.54) is 11.8 Å². The summed E-state index contributed by atoms with van der Waals surface area (Å²) in [6.45, 7) is 3.98. The number of aliphatic hydroxyl groups is 2. The maximum Gasteiger partial charge on any atom is 0.313 e. The Bertz CT molecular complexity index is 423. The van der Waals surface area contributed by atoms with Gasteiger partial charge in [0, 0.05) is 5.92 Å². The molecule has 3 N–H and O–H groups in total. The number of hydrogen-bond donors (Lipinski definition) is 3. The van der Waals surface area contributed by atoms with Crippen LogP contribution >= 0.6 is 11.8 Å². The van der Waals surface area contributed by atoms with Crippen molar-refractivity contribution >= 4 is 17.7 Å². The normalized spacial score (nSPS) is 35.1. The van der Waals surface area contributed by atoms with Crippen molar-refractivity contribution in [2.24, 2.45) is 29.6 Å². The van der Waals surface area contributed by atoms with Crippen LogP contribution in [0.3, 0.4) is 0 Å². The number of carboxylic acid groups (broad SMARTS) is 1. The van der Waals surface area contributed by atoms with E-state index in [0.717, 1.165) is 31.4 Å². The molecule has 0 aromatic heterocycles. The quantitative estimate of drug-likeness (QED) is 0.467. The lowest BCUT2D eigenvalue weighted by atomic mass is 9.89. The van der Waals surface area contributed by atoms with Gasteiger partial charge in [-0.25, -0.2) is 0 Å². The molecule has 0 bridgehead atoms. The topological polar surface area (TPSA) is 77.8 Å². The maximum absolute atomic E-state index is 10.5. The number of carbonyl (C=O) groups is 1. The van der Waals surface area contributed by atoms with E-state index < -0.39 is 12.1 Å². The third-order valence-electron chi connectivity index (χ3n) is 5.44. The highest BCUT2D eigenvalue weighted by atomic mass is 32.2. The summed E-state index contributed by atoms with van der Waals surface area (Å²) in [7, 11) is 0. The van der Waals surface area contributed by atoms with Gasteiger partial charge in [-0.2, -0.15) is 11.8 Å². The molecule has 5 heteroatoms. The molecule has 0 aromatic rings. The summed E-state index contributed by atoms with van der Waals surface area (Å²) >= 11 is 1.50. The molecule has 0 aromatic carbocycles. The highest BCUT2D eigenvalue weighted by molar-refractivity contribution is 7.99. The minimum Gasteiger partial charge on any atom is -0.481 e. The van der Waals surface area contributed by atoms with Crippen LogP contribution in [0.2, 0.25) is 0 Å². The fourth-order valence-electron chi connectivity index (χ4n) is 4.15. The van der Waals surface area contributed by atoms with Gasteiger partial charge in [-0.05, 0) is 55.1 Å². The Morgan fingerprint density at radius 3 is 2.70 bits per heavy atom. The lowest BCUT2D eigenvalue weighted by Gasteiger charge is -2.19. The summed E-state index contributed by atoms with van der Waals surface area (Å²) < 4.78 is 0. The summed E-state index contributed by atoms with van der Waals surface area (Å²) in [5, 5.41) is 28.9. The van der Waals surface area contributed by atoms with Gasteiger partial charge in [0.1, 0.15) is 0 Å². The zero-order valence-corrected chi connectivity index (χ0v) is 14.9. The standard InChI is InChI=1S/C18H30O4S/c1-11(2)16(19)4-3-14-15-8-12(5-6-23-10-18(21)22)7-13(15)9-17(14)20/h3-4,11-17,19-20H,5-10H2,1-2H3,(H,21,22)/t12?,13-,14+,15+,16?,17+/m0/s1. The van der Waals surface area contributed by atoms with Crippen molar-refractivity contribution in [2.45, 2.75) is 51.7 Å². The summed E-state index contributed by atoms with van der Waals surface area (Å²) in [6, 6.07) is 0. The van der Waals surface area contributed by atoms with Gasteiger partial charge in [-0.3, -0.25) is 4.79 Å². The molecule has 2 aliphatic carbocycles. The first-order valence-corrected chi connectivity index (χ1v) is 9.88. The molecule has 0 heterocycles. The van der Waals surface area contributed by atoms with E-state index >= 15 is 0 Å². The summed E-state index contributed by atoms with van der Waals surface area (Å²) in [4.78, 5) is 10.5. The van der Waals surface area contributed by atoms with E-state index in [9.17, 15) is 15.0 Å². The van der Waals surface area contributed by atoms with Gasteiger partial charge >= 0.3 is 5.97 Å². The Hall–Kier alpha value is -0.520. The van der Waals surface area contributed by atoms with Crippen LogP contribution in [0, 0.1) is 29.6 Å². The number of thioether (sulfide) groups is 1. The average Bonchev–Trinajstić information content (AvgIpc) is 2.97. The Kier molecular flexibility index (Phi) is 6.99. The highest BCUT2D eigenvalue weighted by Gasteiger charge is 2.46. The second-order valence-corrected chi connectivity index (χ2v) is 8.60. The molecule has 2 unspecified atom stereocenters. The molecule has 2 fully saturated rings. The molecule has 0 spiro atoms. The first kappa shape index (κ1) is 18.8. The molecule has 23 heavy (non-hydrogen) atoms. The number of aliphatic hydroxyl groups excluding tert-OH is 2. The van der Waals surface area contributed by atoms with Crippen LogP contribution in [0.25, 0.3) is 0 Å². The summed E-state index contributed by atoms with van der Waals surface area (Å²) in [5.74, 6) is 2.50. The monoisotopic (exact) mass is 342 g/mol. The molecule has 0 amide bonds. The van der Waals surface area contributed by atoms with E-state index in [0.29, 0.717) is 17.8 Å². The molecule has 2 rings (SSSR count). The van der Waals surface area contributed by atoms with Gasteiger partial charge in [-0.15, -0.1) is 0 Å². The number of rotatable bonds is 8. The Labute approximate surface area is 143 Å². The lowest BCUT2D eigenvalue weighted by molar-refractivity contribution is -0.133. The second kappa shape index (κ2) is 8.54. The number of carboxylic acids is 1. The second-order valence-electron chi connectivity index (χ2n) is 7.50. The minimum atomic E-state index is -0.740. The van der Waals surface area contributed by atoms with E-state index in [-0.39, 0.29) is 23.7 Å². The first-order valence-electron chi connectivity index (χ1n) is 8.72. The van der Waals surface area contributed by atoms with Crippen LogP contribution in [0.4, 0.5) is 0 Å². The van der Waals surface area contributed by atoms with Gasteiger partial charge < -0.3 is 15.3 Å². The van der Waals surface area contributed by atoms with E-state index in [1.807, 2.05) is 26.0 Å². The van der Waals surface area contributed by atoms with Crippen molar-refractivity contribution in [3.05, 3.63) is 12.2 Å². The van der Waals surface area contributed by atoms with Crippen LogP contribution in [0.15, 0.2) is 12.2 Å². The smallest absolute Gasteiger partial charge is 0.313 e. The molecule has 2 saturated carbocycles. The minimum absolute atomic E-state index is 0.171. The molecule has 2 aliphatic rings. The number of aliphatic carboxylic acids is 1. The lowest BCUT2D eigenvalue weighted by Crippen LogP contribution is -2.19. The third kappa shape index (κ3) is 5.23. The van der Waals surface area contributed by atoms with Crippen molar-refractivity contribution in [1.29, 1.82) is 0 Å². The molecule has 0 radical (unpaired) electrons. The average molecular weight is 343 g/mol. The largest absolute Gasteiger partial charge is 0.481 e. The Morgan fingerprint density at radius 1 is 1.30 bits per heavy atom. The Balaban J connectivity index is 1.82. The van der Waals surface area contributed by atoms with Crippen molar-refractivity contribution in [3.63, 3.8) is 0 Å². The maximum atomic E-state index is 10.5. The molecule has 6 atom stereocenters. The predicted octanol–water partition coefficient (Wildman–Crippen LogP) is 2.79. The number of hydrogen-bond acceptors (Lipinski definition) is 4. The van der Waals surface area contributed by atoms with Gasteiger partial charge in [0.15, 0.2) is 0 Å². The first-order chi connectivity index (χ1) is 10.9. The van der Waals surface area contributed by atoms with Crippen molar-refractivity contribution in [3.8, 4) is 0 Å². The van der Waals surface area contributed by atoms with E-state index in [1.54, 1.807) is 0 Å². The zero-order valence-electron chi connectivity index (χ0n) is 14.1. The van der Waals surface area contributed by atoms with Gasteiger partial charge in [0.25, 0.3) is 0 Å². The molecular weight excluding hydrogens is 312 g/mol.